The molecule has 0 spiro atoms. The van der Waals surface area contributed by atoms with Crippen molar-refractivity contribution in [3.8, 4) is 0 Å². The lowest BCUT2D eigenvalue weighted by molar-refractivity contribution is -0.150. The molecule has 0 aliphatic carbocycles. The molecule has 1 unspecified atom stereocenters. The first kappa shape index (κ1) is 24.7. The third-order valence-electron chi connectivity index (χ3n) is 4.70. The number of carboxylic acid groups (broad SMARTS) is 1. The molecular weight excluding hydrogens is 547 g/mol. The highest BCUT2D eigenvalue weighted by atomic mass is 35.5. The first-order valence-electron chi connectivity index (χ1n) is 9.44. The molecule has 2 aromatic rings. The van der Waals surface area contributed by atoms with E-state index in [-0.39, 0.29) is 17.4 Å². The van der Waals surface area contributed by atoms with Gasteiger partial charge in [-0.1, -0.05) is 46.3 Å². The van der Waals surface area contributed by atoms with Crippen LogP contribution in [0.1, 0.15) is 5.01 Å². The number of halogens is 2. The summed E-state index contributed by atoms with van der Waals surface area (Å²) in [6, 6.07) is 4.21. The van der Waals surface area contributed by atoms with Gasteiger partial charge in [-0.25, -0.2) is 4.79 Å². The Morgan fingerprint density at radius 3 is 2.79 bits per heavy atom. The molecule has 2 N–H and O–H groups in total. The van der Waals surface area contributed by atoms with Crippen molar-refractivity contribution in [3.63, 3.8) is 0 Å². The number of aryl methyl sites for hydroxylation is 1. The van der Waals surface area contributed by atoms with Gasteiger partial charge in [-0.2, -0.15) is 0 Å². The van der Waals surface area contributed by atoms with E-state index >= 15 is 0 Å². The molecule has 174 valence electrons. The second-order valence-corrected chi connectivity index (χ2v) is 12.3. The van der Waals surface area contributed by atoms with Crippen LogP contribution in [0.15, 0.2) is 38.7 Å². The summed E-state index contributed by atoms with van der Waals surface area (Å²) in [4.78, 5) is 39.1. The van der Waals surface area contributed by atoms with E-state index in [1.54, 1.807) is 18.2 Å². The molecular formula is C19H16Cl2N4O4S4. The van der Waals surface area contributed by atoms with Gasteiger partial charge in [0, 0.05) is 21.4 Å². The average Bonchev–Trinajstić information content (AvgIpc) is 3.20. The Morgan fingerprint density at radius 2 is 2.09 bits per heavy atom. The number of nitrogens with one attached hydrogen (secondary N) is 1. The topological polar surface area (TPSA) is 112 Å². The van der Waals surface area contributed by atoms with Gasteiger partial charge >= 0.3 is 5.97 Å². The summed E-state index contributed by atoms with van der Waals surface area (Å²) < 4.78 is 0.745. The molecule has 0 radical (unpaired) electrons. The van der Waals surface area contributed by atoms with E-state index in [4.69, 9.17) is 23.2 Å². The van der Waals surface area contributed by atoms with Crippen LogP contribution in [0.4, 0.5) is 0 Å². The van der Waals surface area contributed by atoms with Gasteiger partial charge in [-0.15, -0.1) is 33.7 Å². The van der Waals surface area contributed by atoms with Crippen LogP contribution < -0.4 is 5.32 Å². The lowest BCUT2D eigenvalue weighted by Crippen LogP contribution is -2.70. The number of carbonyl (C=O) groups excluding carboxylic acids is 2. The Morgan fingerprint density at radius 1 is 1.30 bits per heavy atom. The van der Waals surface area contributed by atoms with E-state index in [0.29, 0.717) is 32.0 Å². The molecule has 0 bridgehead atoms. The molecule has 8 nitrogen and oxygen atoms in total. The molecule has 1 saturated heterocycles. The van der Waals surface area contributed by atoms with Crippen molar-refractivity contribution in [2.75, 3.05) is 17.3 Å². The standard InChI is InChI=1S/C19H16Cl2N4O4S4/c1-8-23-24-19(33-8)32-6-9-5-31-17-14(16(27)25(17)15(9)18(28)29)22-13(26)7-30-12-4-10(20)2-3-11(12)21/h2-4,14,17H,5-7H2,1H3,(H,22,26)(H,28,29)/t14?,17-/m0/s1. The predicted octanol–water partition coefficient (Wildman–Crippen LogP) is 3.78. The molecule has 14 heteroatoms. The molecule has 1 aromatic heterocycles. The van der Waals surface area contributed by atoms with E-state index in [0.717, 1.165) is 9.35 Å². The number of rotatable bonds is 8. The molecule has 4 rings (SSSR count). The Labute approximate surface area is 215 Å². The molecule has 33 heavy (non-hydrogen) atoms. The van der Waals surface area contributed by atoms with Crippen LogP contribution in [0.25, 0.3) is 0 Å². The zero-order valence-electron chi connectivity index (χ0n) is 16.9. The van der Waals surface area contributed by atoms with Gasteiger partial charge in [0.25, 0.3) is 5.91 Å². The fraction of sp³-hybridized carbons (Fsp3) is 0.316. The third kappa shape index (κ3) is 5.46. The minimum absolute atomic E-state index is 0.0110. The minimum atomic E-state index is -1.16. The van der Waals surface area contributed by atoms with Crippen molar-refractivity contribution in [2.24, 2.45) is 0 Å². The van der Waals surface area contributed by atoms with E-state index < -0.39 is 23.3 Å². The summed E-state index contributed by atoms with van der Waals surface area (Å²) in [6.07, 6.45) is 0. The number of benzene rings is 1. The van der Waals surface area contributed by atoms with Gasteiger partial charge in [0.2, 0.25) is 5.91 Å². The molecule has 2 amide bonds. The SMILES string of the molecule is Cc1nnc(SCC2=C(C(=O)O)N3C(=O)C(NC(=O)CSc4cc(Cl)ccc4Cl)[C@@H]3SC2)s1. The summed E-state index contributed by atoms with van der Waals surface area (Å²) in [5.74, 6) is -1.05. The molecule has 0 saturated carbocycles. The number of amides is 2. The average molecular weight is 564 g/mol. The summed E-state index contributed by atoms with van der Waals surface area (Å²) in [5.41, 5.74) is 0.633. The largest absolute Gasteiger partial charge is 0.477 e. The number of thioether (sulfide) groups is 3. The third-order valence-corrected chi connectivity index (χ3v) is 9.83. The number of β-lactam (4-membered cyclic amide) rings is 1. The van der Waals surface area contributed by atoms with E-state index in [9.17, 15) is 19.5 Å². The number of hydrogen-bond acceptors (Lipinski definition) is 9. The summed E-state index contributed by atoms with van der Waals surface area (Å²) in [5, 5.41) is 21.8. The van der Waals surface area contributed by atoms with Crippen LogP contribution in [0.2, 0.25) is 10.0 Å². The van der Waals surface area contributed by atoms with E-state index in [2.05, 4.69) is 15.5 Å². The van der Waals surface area contributed by atoms with Gasteiger partial charge in [-0.05, 0) is 30.7 Å². The molecule has 2 atom stereocenters. The van der Waals surface area contributed by atoms with Crippen LogP contribution in [0, 0.1) is 6.92 Å². The van der Waals surface area contributed by atoms with E-state index in [1.165, 1.54) is 51.5 Å². The second-order valence-electron chi connectivity index (χ2n) is 6.95. The Bertz CT molecular complexity index is 1160. The van der Waals surface area contributed by atoms with Gasteiger partial charge in [0.15, 0.2) is 4.34 Å². The predicted molar refractivity (Wildman–Crippen MR) is 132 cm³/mol. The maximum Gasteiger partial charge on any atom is 0.352 e. The molecule has 1 fully saturated rings. The van der Waals surface area contributed by atoms with Gasteiger partial charge in [0.1, 0.15) is 22.1 Å². The van der Waals surface area contributed by atoms with Crippen LogP contribution >= 0.6 is 69.8 Å². The first-order chi connectivity index (χ1) is 15.7. The molecule has 1 aromatic carbocycles. The van der Waals surface area contributed by atoms with Crippen molar-refractivity contribution in [1.29, 1.82) is 0 Å². The highest BCUT2D eigenvalue weighted by molar-refractivity contribution is 8.02. The number of carbonyl (C=O) groups is 3. The van der Waals surface area contributed by atoms with Crippen molar-refractivity contribution in [1.82, 2.24) is 20.4 Å². The molecule has 2 aliphatic rings. The maximum absolute atomic E-state index is 12.8. The number of nitrogens with zero attached hydrogens (tertiary/aromatic N) is 3. The molecule has 3 heterocycles. The Hall–Kier alpha value is -1.44. The monoisotopic (exact) mass is 562 g/mol. The van der Waals surface area contributed by atoms with Crippen molar-refractivity contribution in [3.05, 3.63) is 44.5 Å². The van der Waals surface area contributed by atoms with Crippen molar-refractivity contribution >= 4 is 87.6 Å². The lowest BCUT2D eigenvalue weighted by Gasteiger charge is -2.49. The molecule has 2 aliphatic heterocycles. The smallest absolute Gasteiger partial charge is 0.352 e. The highest BCUT2D eigenvalue weighted by Crippen LogP contribution is 2.42. The maximum atomic E-state index is 12.8. The number of carboxylic acids is 1. The quantitative estimate of drug-likeness (QED) is 0.366. The van der Waals surface area contributed by atoms with Gasteiger partial charge in [0.05, 0.1) is 10.8 Å². The van der Waals surface area contributed by atoms with Gasteiger partial charge in [-0.3, -0.25) is 14.5 Å². The van der Waals surface area contributed by atoms with E-state index in [1.807, 2.05) is 6.92 Å². The Kier molecular flexibility index (Phi) is 7.81. The number of aromatic nitrogens is 2. The number of aliphatic carboxylic acids is 1. The van der Waals surface area contributed by atoms with Crippen molar-refractivity contribution < 1.29 is 19.5 Å². The van der Waals surface area contributed by atoms with Crippen LogP contribution in [-0.2, 0) is 14.4 Å². The summed E-state index contributed by atoms with van der Waals surface area (Å²) >= 11 is 17.6. The zero-order valence-corrected chi connectivity index (χ0v) is 21.7. The first-order valence-corrected chi connectivity index (χ1v) is 14.0. The van der Waals surface area contributed by atoms with Crippen LogP contribution in [-0.4, -0.2) is 66.7 Å². The normalized spacial score (nSPS) is 19.8. The van der Waals surface area contributed by atoms with Crippen LogP contribution in [0.3, 0.4) is 0 Å². The zero-order chi connectivity index (χ0) is 23.7. The van der Waals surface area contributed by atoms with Crippen molar-refractivity contribution in [2.45, 2.75) is 27.6 Å². The summed E-state index contributed by atoms with van der Waals surface area (Å²) in [7, 11) is 0. The van der Waals surface area contributed by atoms with Gasteiger partial charge < -0.3 is 10.4 Å². The highest BCUT2D eigenvalue weighted by Gasteiger charge is 2.54. The number of fused-ring (bicyclic) bond motifs is 1. The summed E-state index contributed by atoms with van der Waals surface area (Å²) in [6.45, 7) is 1.85. The fourth-order valence-corrected chi connectivity index (χ4v) is 7.83. The Balaban J connectivity index is 1.38. The second kappa shape index (κ2) is 10.4. The minimum Gasteiger partial charge on any atom is -0.477 e. The fourth-order valence-electron chi connectivity index (χ4n) is 3.23. The lowest BCUT2D eigenvalue weighted by atomic mass is 10.0. The number of hydrogen-bond donors (Lipinski definition) is 2. The van der Waals surface area contributed by atoms with Crippen LogP contribution in [0.5, 0.6) is 0 Å².